The minimum Gasteiger partial charge on any atom is -0.352 e. The maximum absolute atomic E-state index is 12.3. The van der Waals surface area contributed by atoms with Crippen LogP contribution in [-0.4, -0.2) is 51.7 Å². The van der Waals surface area contributed by atoms with E-state index in [0.29, 0.717) is 12.1 Å². The van der Waals surface area contributed by atoms with Gasteiger partial charge in [-0.1, -0.05) is 13.0 Å². The van der Waals surface area contributed by atoms with Crippen LogP contribution in [0.1, 0.15) is 42.1 Å². The van der Waals surface area contributed by atoms with Gasteiger partial charge in [0, 0.05) is 24.9 Å². The molecule has 1 saturated heterocycles. The van der Waals surface area contributed by atoms with Gasteiger partial charge in [0.2, 0.25) is 0 Å². The Kier molecular flexibility index (Phi) is 6.40. The first-order chi connectivity index (χ1) is 11.3. The van der Waals surface area contributed by atoms with Crippen LogP contribution < -0.4 is 5.32 Å². The molecule has 1 amide bonds. The van der Waals surface area contributed by atoms with Crippen LogP contribution in [0.3, 0.4) is 0 Å². The van der Waals surface area contributed by atoms with Gasteiger partial charge in [0.1, 0.15) is 0 Å². The second-order valence-corrected chi connectivity index (χ2v) is 8.92. The molecule has 0 saturated carbocycles. The van der Waals surface area contributed by atoms with Crippen molar-refractivity contribution in [3.8, 4) is 0 Å². The van der Waals surface area contributed by atoms with E-state index in [2.05, 4.69) is 17.1 Å². The number of hydrogen-bond acceptors (Lipinski definition) is 4. The minimum absolute atomic E-state index is 0.181. The van der Waals surface area contributed by atoms with Gasteiger partial charge < -0.3 is 10.2 Å². The highest BCUT2D eigenvalue weighted by atomic mass is 32.2. The summed E-state index contributed by atoms with van der Waals surface area (Å²) in [4.78, 5) is 15.0. The third-order valence-electron chi connectivity index (χ3n) is 4.56. The van der Waals surface area contributed by atoms with Crippen molar-refractivity contribution in [3.05, 3.63) is 29.3 Å². The van der Waals surface area contributed by atoms with Gasteiger partial charge in [0.25, 0.3) is 5.91 Å². The van der Waals surface area contributed by atoms with E-state index < -0.39 is 9.84 Å². The van der Waals surface area contributed by atoms with E-state index in [0.717, 1.165) is 43.8 Å². The van der Waals surface area contributed by atoms with Crippen LogP contribution in [0, 0.1) is 12.8 Å². The highest BCUT2D eigenvalue weighted by Gasteiger charge is 2.16. The number of aryl methyl sites for hydroxylation is 1. The number of carbonyl (C=O) groups is 1. The van der Waals surface area contributed by atoms with Crippen molar-refractivity contribution >= 4 is 15.7 Å². The molecular weight excluding hydrogens is 324 g/mol. The summed E-state index contributed by atoms with van der Waals surface area (Å²) in [6.45, 7) is 7.98. The second kappa shape index (κ2) is 8.12. The molecule has 0 bridgehead atoms. The predicted molar refractivity (Wildman–Crippen MR) is 96.1 cm³/mol. The SMILES string of the molecule is Cc1ccc(S(C)(=O)=O)cc1C(=O)NCCCN1CCCC(C)C1. The topological polar surface area (TPSA) is 66.5 Å². The molecule has 0 radical (unpaired) electrons. The monoisotopic (exact) mass is 352 g/mol. The molecule has 1 aliphatic heterocycles. The van der Waals surface area contributed by atoms with E-state index in [1.165, 1.54) is 18.9 Å². The number of hydrogen-bond donors (Lipinski definition) is 1. The fraction of sp³-hybridized carbons (Fsp3) is 0.611. The predicted octanol–water partition coefficient (Wildman–Crippen LogP) is 2.25. The zero-order chi connectivity index (χ0) is 17.7. The fourth-order valence-electron chi connectivity index (χ4n) is 3.17. The van der Waals surface area contributed by atoms with E-state index in [4.69, 9.17) is 0 Å². The number of likely N-dealkylation sites (tertiary alicyclic amines) is 1. The standard InChI is InChI=1S/C18H28N2O3S/c1-14-6-4-10-20(13-14)11-5-9-19-18(21)17-12-16(24(3,22)23)8-7-15(17)2/h7-8,12,14H,4-6,9-11,13H2,1-3H3,(H,19,21). The quantitative estimate of drug-likeness (QED) is 0.798. The number of nitrogens with zero attached hydrogens (tertiary/aromatic N) is 1. The molecule has 134 valence electrons. The van der Waals surface area contributed by atoms with Gasteiger partial charge in [-0.2, -0.15) is 0 Å². The Morgan fingerprint density at radius 1 is 1.38 bits per heavy atom. The zero-order valence-corrected chi connectivity index (χ0v) is 15.7. The molecule has 5 nitrogen and oxygen atoms in total. The van der Waals surface area contributed by atoms with Gasteiger partial charge in [-0.3, -0.25) is 4.79 Å². The highest BCUT2D eigenvalue weighted by Crippen LogP contribution is 2.16. The van der Waals surface area contributed by atoms with Crippen molar-refractivity contribution in [2.24, 2.45) is 5.92 Å². The first-order valence-corrected chi connectivity index (χ1v) is 10.5. The molecule has 0 aliphatic carbocycles. The summed E-state index contributed by atoms with van der Waals surface area (Å²) >= 11 is 0. The molecule has 6 heteroatoms. The second-order valence-electron chi connectivity index (χ2n) is 6.91. The van der Waals surface area contributed by atoms with Gasteiger partial charge in [0.05, 0.1) is 4.90 Å². The summed E-state index contributed by atoms with van der Waals surface area (Å²) in [7, 11) is -3.31. The Hall–Kier alpha value is -1.40. The number of rotatable bonds is 6. The van der Waals surface area contributed by atoms with Gasteiger partial charge in [-0.15, -0.1) is 0 Å². The number of sulfone groups is 1. The van der Waals surface area contributed by atoms with E-state index in [-0.39, 0.29) is 10.8 Å². The molecule has 1 atom stereocenters. The van der Waals surface area contributed by atoms with Crippen molar-refractivity contribution in [1.82, 2.24) is 10.2 Å². The van der Waals surface area contributed by atoms with E-state index in [1.54, 1.807) is 12.1 Å². The highest BCUT2D eigenvalue weighted by molar-refractivity contribution is 7.90. The zero-order valence-electron chi connectivity index (χ0n) is 14.8. The Morgan fingerprint density at radius 3 is 2.79 bits per heavy atom. The van der Waals surface area contributed by atoms with E-state index in [1.807, 2.05) is 6.92 Å². The normalized spacial score (nSPS) is 19.2. The van der Waals surface area contributed by atoms with Crippen molar-refractivity contribution in [1.29, 1.82) is 0 Å². The molecular formula is C18H28N2O3S. The van der Waals surface area contributed by atoms with E-state index in [9.17, 15) is 13.2 Å². The molecule has 1 fully saturated rings. The fourth-order valence-corrected chi connectivity index (χ4v) is 3.81. The van der Waals surface area contributed by atoms with Crippen molar-refractivity contribution in [2.45, 2.75) is 38.0 Å². The largest absolute Gasteiger partial charge is 0.352 e. The molecule has 24 heavy (non-hydrogen) atoms. The molecule has 2 rings (SSSR count). The first-order valence-electron chi connectivity index (χ1n) is 8.58. The van der Waals surface area contributed by atoms with Crippen molar-refractivity contribution < 1.29 is 13.2 Å². The Morgan fingerprint density at radius 2 is 2.12 bits per heavy atom. The number of piperidine rings is 1. The van der Waals surface area contributed by atoms with Gasteiger partial charge in [0.15, 0.2) is 9.84 Å². The molecule has 1 unspecified atom stereocenters. The number of amides is 1. The third-order valence-corrected chi connectivity index (χ3v) is 5.67. The third kappa shape index (κ3) is 5.31. The summed E-state index contributed by atoms with van der Waals surface area (Å²) in [5.41, 5.74) is 1.22. The van der Waals surface area contributed by atoms with Crippen LogP contribution in [0.25, 0.3) is 0 Å². The molecule has 1 aromatic rings. The smallest absolute Gasteiger partial charge is 0.251 e. The van der Waals surface area contributed by atoms with Crippen LogP contribution in [-0.2, 0) is 9.84 Å². The van der Waals surface area contributed by atoms with Crippen LogP contribution in [0.5, 0.6) is 0 Å². The van der Waals surface area contributed by atoms with Gasteiger partial charge in [-0.25, -0.2) is 8.42 Å². The average Bonchev–Trinajstić information content (AvgIpc) is 2.50. The van der Waals surface area contributed by atoms with Gasteiger partial charge in [-0.05, 0) is 62.9 Å². The molecule has 1 aliphatic rings. The van der Waals surface area contributed by atoms with Gasteiger partial charge >= 0.3 is 0 Å². The Balaban J connectivity index is 1.86. The number of carbonyl (C=O) groups excluding carboxylic acids is 1. The van der Waals surface area contributed by atoms with Crippen LogP contribution in [0.4, 0.5) is 0 Å². The van der Waals surface area contributed by atoms with Crippen LogP contribution in [0.2, 0.25) is 0 Å². The Labute approximate surface area is 145 Å². The molecule has 1 N–H and O–H groups in total. The lowest BCUT2D eigenvalue weighted by atomic mass is 10.0. The number of benzene rings is 1. The summed E-state index contributed by atoms with van der Waals surface area (Å²) in [5, 5.41) is 2.91. The summed E-state index contributed by atoms with van der Waals surface area (Å²) in [5.74, 6) is 0.555. The maximum atomic E-state index is 12.3. The molecule has 1 heterocycles. The lowest BCUT2D eigenvalue weighted by Gasteiger charge is -2.30. The lowest BCUT2D eigenvalue weighted by Crippen LogP contribution is -2.36. The molecule has 1 aromatic carbocycles. The summed E-state index contributed by atoms with van der Waals surface area (Å²) in [6, 6.07) is 4.69. The van der Waals surface area contributed by atoms with Crippen LogP contribution in [0.15, 0.2) is 23.1 Å². The lowest BCUT2D eigenvalue weighted by molar-refractivity contribution is 0.0949. The average molecular weight is 353 g/mol. The van der Waals surface area contributed by atoms with Crippen LogP contribution >= 0.6 is 0 Å². The summed E-state index contributed by atoms with van der Waals surface area (Å²) < 4.78 is 23.3. The Bertz CT molecular complexity index is 686. The first kappa shape index (κ1) is 18.9. The molecule has 0 aromatic heterocycles. The van der Waals surface area contributed by atoms with Crippen molar-refractivity contribution in [2.75, 3.05) is 32.4 Å². The minimum atomic E-state index is -3.31. The summed E-state index contributed by atoms with van der Waals surface area (Å²) in [6.07, 6.45) is 4.62. The number of nitrogens with one attached hydrogen (secondary N) is 1. The maximum Gasteiger partial charge on any atom is 0.251 e. The molecule has 0 spiro atoms. The van der Waals surface area contributed by atoms with E-state index >= 15 is 0 Å². The van der Waals surface area contributed by atoms with Crippen molar-refractivity contribution in [3.63, 3.8) is 0 Å².